The van der Waals surface area contributed by atoms with E-state index in [1.165, 1.54) is 0 Å². The predicted molar refractivity (Wildman–Crippen MR) is 78.2 cm³/mol. The topological polar surface area (TPSA) is 55.0 Å². The van der Waals surface area contributed by atoms with Crippen molar-refractivity contribution in [3.8, 4) is 0 Å². The molecule has 0 bridgehead atoms. The minimum atomic E-state index is 0.531. The van der Waals surface area contributed by atoms with Crippen LogP contribution in [-0.2, 0) is 0 Å². The van der Waals surface area contributed by atoms with Gasteiger partial charge in [-0.3, -0.25) is 0 Å². The summed E-state index contributed by atoms with van der Waals surface area (Å²) in [5.41, 5.74) is 5.55. The summed E-state index contributed by atoms with van der Waals surface area (Å²) in [6, 6.07) is 0. The Morgan fingerprint density at radius 1 is 1.59 bits per heavy atom. The second-order valence-electron chi connectivity index (χ2n) is 4.25. The van der Waals surface area contributed by atoms with Crippen molar-refractivity contribution in [3.63, 3.8) is 0 Å². The highest BCUT2D eigenvalue weighted by Crippen LogP contribution is 2.23. The van der Waals surface area contributed by atoms with Gasteiger partial charge in [0.1, 0.15) is 12.1 Å². The first-order chi connectivity index (χ1) is 8.00. The largest absolute Gasteiger partial charge is 0.393 e. The monoisotopic (exact) mass is 316 g/mol. The molecule has 0 atom stereocenters. The van der Waals surface area contributed by atoms with Crippen molar-refractivity contribution in [2.75, 3.05) is 18.0 Å². The van der Waals surface area contributed by atoms with Crippen LogP contribution in [0.15, 0.2) is 17.0 Å². The van der Waals surface area contributed by atoms with Crippen LogP contribution in [0.4, 0.5) is 5.82 Å². The van der Waals surface area contributed by atoms with E-state index in [1.54, 1.807) is 12.5 Å². The second kappa shape index (κ2) is 6.86. The van der Waals surface area contributed by atoms with Gasteiger partial charge in [-0.1, -0.05) is 26.1 Å². The van der Waals surface area contributed by atoms with Gasteiger partial charge >= 0.3 is 0 Å². The Morgan fingerprint density at radius 3 is 2.82 bits per heavy atom. The van der Waals surface area contributed by atoms with Crippen LogP contribution in [0.2, 0.25) is 0 Å². The maximum atomic E-state index is 5.55. The van der Waals surface area contributed by atoms with Gasteiger partial charge in [0.2, 0.25) is 0 Å². The Bertz CT molecular complexity index is 383. The van der Waals surface area contributed by atoms with Gasteiger partial charge in [0.05, 0.1) is 9.46 Å². The molecule has 0 amide bonds. The lowest BCUT2D eigenvalue weighted by molar-refractivity contribution is 0.608. The van der Waals surface area contributed by atoms with Crippen molar-refractivity contribution in [3.05, 3.63) is 17.0 Å². The van der Waals surface area contributed by atoms with E-state index >= 15 is 0 Å². The quantitative estimate of drug-likeness (QED) is 0.817. The Kier molecular flexibility index (Phi) is 5.77. The molecular formula is C11H17BrN4S. The summed E-state index contributed by atoms with van der Waals surface area (Å²) in [6.45, 7) is 6.03. The van der Waals surface area contributed by atoms with Gasteiger partial charge in [0.15, 0.2) is 0 Å². The summed E-state index contributed by atoms with van der Waals surface area (Å²) in [7, 11) is 0. The molecular weight excluding hydrogens is 300 g/mol. The molecule has 0 spiro atoms. The molecule has 1 aromatic rings. The number of anilines is 1. The average Bonchev–Trinajstić information content (AvgIpc) is 2.24. The molecule has 1 rings (SSSR count). The van der Waals surface area contributed by atoms with Gasteiger partial charge in [-0.25, -0.2) is 9.97 Å². The Balaban J connectivity index is 2.82. The molecule has 2 N–H and O–H groups in total. The Hall–Kier alpha value is -0.750. The van der Waals surface area contributed by atoms with Crippen LogP contribution in [0, 0.1) is 5.92 Å². The molecule has 0 aliphatic carbocycles. The number of thiocarbonyl (C=S) groups is 1. The van der Waals surface area contributed by atoms with Crippen molar-refractivity contribution < 1.29 is 0 Å². The number of hydrogen-bond acceptors (Lipinski definition) is 4. The molecule has 0 aliphatic rings. The normalized spacial score (nSPS) is 10.6. The van der Waals surface area contributed by atoms with Crippen LogP contribution < -0.4 is 10.6 Å². The standard InChI is InChI=1S/C11H17BrN4S/c1-8(2)6-16(4-3-10(13)17)11-9(12)5-14-7-15-11/h5,7-8H,3-4,6H2,1-2H3,(H2,13,17). The van der Waals surface area contributed by atoms with Crippen molar-refractivity contribution in [2.24, 2.45) is 11.7 Å². The fourth-order valence-electron chi connectivity index (χ4n) is 1.51. The van der Waals surface area contributed by atoms with Crippen LogP contribution in [0.5, 0.6) is 0 Å². The van der Waals surface area contributed by atoms with Crippen molar-refractivity contribution >= 4 is 39.0 Å². The highest BCUT2D eigenvalue weighted by Gasteiger charge is 2.13. The first-order valence-electron chi connectivity index (χ1n) is 5.49. The van der Waals surface area contributed by atoms with E-state index in [9.17, 15) is 0 Å². The average molecular weight is 317 g/mol. The van der Waals surface area contributed by atoms with E-state index in [2.05, 4.69) is 44.6 Å². The molecule has 0 aromatic carbocycles. The first-order valence-corrected chi connectivity index (χ1v) is 6.69. The summed E-state index contributed by atoms with van der Waals surface area (Å²) in [4.78, 5) is 11.0. The highest BCUT2D eigenvalue weighted by molar-refractivity contribution is 9.10. The fourth-order valence-corrected chi connectivity index (χ4v) is 2.07. The van der Waals surface area contributed by atoms with E-state index in [1.807, 2.05) is 0 Å². The molecule has 6 heteroatoms. The SMILES string of the molecule is CC(C)CN(CCC(N)=S)c1ncncc1Br. The molecule has 4 nitrogen and oxygen atoms in total. The van der Waals surface area contributed by atoms with E-state index in [4.69, 9.17) is 18.0 Å². The number of nitrogens with two attached hydrogens (primary N) is 1. The maximum absolute atomic E-state index is 5.55. The molecule has 0 saturated carbocycles. The maximum Gasteiger partial charge on any atom is 0.146 e. The lowest BCUT2D eigenvalue weighted by Gasteiger charge is -2.26. The van der Waals surface area contributed by atoms with Gasteiger partial charge in [0, 0.05) is 25.7 Å². The zero-order chi connectivity index (χ0) is 12.8. The second-order valence-corrected chi connectivity index (χ2v) is 5.63. The van der Waals surface area contributed by atoms with Gasteiger partial charge < -0.3 is 10.6 Å². The number of aromatic nitrogens is 2. The van der Waals surface area contributed by atoms with Crippen LogP contribution in [0.3, 0.4) is 0 Å². The smallest absolute Gasteiger partial charge is 0.146 e. The lowest BCUT2D eigenvalue weighted by atomic mass is 10.2. The molecule has 94 valence electrons. The number of rotatable bonds is 6. The minimum absolute atomic E-state index is 0.531. The lowest BCUT2D eigenvalue weighted by Crippen LogP contribution is -2.32. The Morgan fingerprint density at radius 2 is 2.29 bits per heavy atom. The minimum Gasteiger partial charge on any atom is -0.393 e. The molecule has 1 heterocycles. The number of halogens is 1. The molecule has 0 fully saturated rings. The molecule has 0 aliphatic heterocycles. The third-order valence-electron chi connectivity index (χ3n) is 2.16. The molecule has 1 aromatic heterocycles. The Labute approximate surface area is 116 Å². The molecule has 0 saturated heterocycles. The summed E-state index contributed by atoms with van der Waals surface area (Å²) >= 11 is 8.38. The van der Waals surface area contributed by atoms with E-state index in [0.717, 1.165) is 23.4 Å². The number of nitrogens with zero attached hydrogens (tertiary/aromatic N) is 3. The van der Waals surface area contributed by atoms with E-state index in [0.29, 0.717) is 17.3 Å². The fraction of sp³-hybridized carbons (Fsp3) is 0.545. The highest BCUT2D eigenvalue weighted by atomic mass is 79.9. The van der Waals surface area contributed by atoms with Crippen molar-refractivity contribution in [1.29, 1.82) is 0 Å². The third-order valence-corrected chi connectivity index (χ3v) is 2.92. The van der Waals surface area contributed by atoms with Crippen LogP contribution in [0.25, 0.3) is 0 Å². The predicted octanol–water partition coefficient (Wildman–Crippen LogP) is 2.38. The third kappa shape index (κ3) is 4.95. The summed E-state index contributed by atoms with van der Waals surface area (Å²) in [5, 5.41) is 0. The number of hydrogen-bond donors (Lipinski definition) is 1. The van der Waals surface area contributed by atoms with Crippen molar-refractivity contribution in [2.45, 2.75) is 20.3 Å². The van der Waals surface area contributed by atoms with Crippen LogP contribution in [-0.4, -0.2) is 28.0 Å². The zero-order valence-electron chi connectivity index (χ0n) is 10.1. The van der Waals surface area contributed by atoms with Crippen LogP contribution >= 0.6 is 28.1 Å². The summed E-state index contributed by atoms with van der Waals surface area (Å²) in [6.07, 6.45) is 3.99. The van der Waals surface area contributed by atoms with Gasteiger partial charge in [-0.15, -0.1) is 0 Å². The van der Waals surface area contributed by atoms with Crippen LogP contribution in [0.1, 0.15) is 20.3 Å². The van der Waals surface area contributed by atoms with Gasteiger partial charge in [-0.2, -0.15) is 0 Å². The first kappa shape index (κ1) is 14.3. The zero-order valence-corrected chi connectivity index (χ0v) is 12.5. The van der Waals surface area contributed by atoms with E-state index < -0.39 is 0 Å². The molecule has 0 radical (unpaired) electrons. The summed E-state index contributed by atoms with van der Waals surface area (Å²) in [5.74, 6) is 1.44. The van der Waals surface area contributed by atoms with Gasteiger partial charge in [-0.05, 0) is 21.8 Å². The molecule has 0 unspecified atom stereocenters. The van der Waals surface area contributed by atoms with Crippen molar-refractivity contribution in [1.82, 2.24) is 9.97 Å². The summed E-state index contributed by atoms with van der Waals surface area (Å²) < 4.78 is 0.892. The van der Waals surface area contributed by atoms with Gasteiger partial charge in [0.25, 0.3) is 0 Å². The molecule has 17 heavy (non-hydrogen) atoms. The van der Waals surface area contributed by atoms with E-state index in [-0.39, 0.29) is 0 Å².